The molecule has 0 bridgehead atoms. The second kappa shape index (κ2) is 3.68. The van der Waals surface area contributed by atoms with Crippen molar-refractivity contribution in [3.05, 3.63) is 63.7 Å². The second-order valence-electron chi connectivity index (χ2n) is 4.00. The van der Waals surface area contributed by atoms with Crippen molar-refractivity contribution in [1.29, 1.82) is 0 Å². The van der Waals surface area contributed by atoms with Crippen LogP contribution >= 0.6 is 11.6 Å². The van der Waals surface area contributed by atoms with Crippen LogP contribution in [-0.2, 0) is 0 Å². The van der Waals surface area contributed by atoms with E-state index < -0.39 is 11.5 Å². The van der Waals surface area contributed by atoms with Crippen LogP contribution in [0.5, 0.6) is 5.75 Å². The average Bonchev–Trinajstić information content (AvgIpc) is 2.38. The highest BCUT2D eigenvalue weighted by molar-refractivity contribution is 6.39. The van der Waals surface area contributed by atoms with Gasteiger partial charge in [-0.3, -0.25) is 9.59 Å². The molecule has 0 radical (unpaired) electrons. The van der Waals surface area contributed by atoms with E-state index in [0.29, 0.717) is 5.56 Å². The number of carbonyl (C=O) groups excluding carboxylic acids is 2. The molecule has 1 aliphatic rings. The third kappa shape index (κ3) is 1.31. The summed E-state index contributed by atoms with van der Waals surface area (Å²) in [6, 6.07) is 8.99. The second-order valence-corrected chi connectivity index (χ2v) is 4.41. The number of halogens is 1. The fourth-order valence-electron chi connectivity index (χ4n) is 2.15. The third-order valence-electron chi connectivity index (χ3n) is 2.99. The van der Waals surface area contributed by atoms with E-state index in [4.69, 9.17) is 11.6 Å². The van der Waals surface area contributed by atoms with E-state index in [9.17, 15) is 14.7 Å². The lowest BCUT2D eigenvalue weighted by atomic mass is 9.83. The molecule has 3 nitrogen and oxygen atoms in total. The van der Waals surface area contributed by atoms with Crippen molar-refractivity contribution < 1.29 is 14.7 Å². The Bertz CT molecular complexity index is 644. The summed E-state index contributed by atoms with van der Waals surface area (Å²) in [7, 11) is 0. The third-order valence-corrected chi connectivity index (χ3v) is 3.30. The molecule has 0 heterocycles. The molecular formula is C14H6ClO3-. The van der Waals surface area contributed by atoms with Crippen LogP contribution in [0.2, 0.25) is 5.02 Å². The van der Waals surface area contributed by atoms with Gasteiger partial charge in [-0.05, 0) is 6.07 Å². The standard InChI is InChI=1S/C14H7ClO3/c15-9-5-6-10(16)12-11(9)13(17)7-3-1-2-4-8(7)14(12)18/h1-6,16H/p-1. The van der Waals surface area contributed by atoms with Gasteiger partial charge in [0.05, 0.1) is 10.6 Å². The first-order chi connectivity index (χ1) is 8.61. The summed E-state index contributed by atoms with van der Waals surface area (Å²) >= 11 is 5.93. The van der Waals surface area contributed by atoms with Gasteiger partial charge in [0.2, 0.25) is 0 Å². The van der Waals surface area contributed by atoms with Crippen molar-refractivity contribution in [1.82, 2.24) is 0 Å². The highest BCUT2D eigenvalue weighted by Crippen LogP contribution is 2.35. The van der Waals surface area contributed by atoms with E-state index in [1.807, 2.05) is 0 Å². The predicted octanol–water partition coefficient (Wildman–Crippen LogP) is 2.19. The Morgan fingerprint density at radius 3 is 2.00 bits per heavy atom. The van der Waals surface area contributed by atoms with Gasteiger partial charge in [0.1, 0.15) is 0 Å². The number of hydrogen-bond donors (Lipinski definition) is 0. The van der Waals surface area contributed by atoms with Gasteiger partial charge in [0.15, 0.2) is 11.6 Å². The Morgan fingerprint density at radius 2 is 1.39 bits per heavy atom. The summed E-state index contributed by atoms with van der Waals surface area (Å²) in [5.74, 6) is -1.28. The lowest BCUT2D eigenvalue weighted by Crippen LogP contribution is -2.22. The molecule has 88 valence electrons. The van der Waals surface area contributed by atoms with Crippen molar-refractivity contribution >= 4 is 23.2 Å². The molecular weight excluding hydrogens is 252 g/mol. The summed E-state index contributed by atoms with van der Waals surface area (Å²) in [6.07, 6.45) is 0. The molecule has 4 heteroatoms. The fourth-order valence-corrected chi connectivity index (χ4v) is 2.40. The minimum atomic E-state index is -0.470. The Balaban J connectivity index is 2.41. The van der Waals surface area contributed by atoms with Gasteiger partial charge in [-0.25, -0.2) is 0 Å². The van der Waals surface area contributed by atoms with E-state index in [0.717, 1.165) is 0 Å². The largest absolute Gasteiger partial charge is 0.872 e. The van der Waals surface area contributed by atoms with Gasteiger partial charge in [-0.1, -0.05) is 47.7 Å². The van der Waals surface area contributed by atoms with Gasteiger partial charge in [-0.2, -0.15) is 0 Å². The number of benzene rings is 2. The van der Waals surface area contributed by atoms with Crippen molar-refractivity contribution in [3.63, 3.8) is 0 Å². The van der Waals surface area contributed by atoms with Crippen molar-refractivity contribution in [2.45, 2.75) is 0 Å². The van der Waals surface area contributed by atoms with Crippen LogP contribution in [0.15, 0.2) is 36.4 Å². The normalized spacial score (nSPS) is 13.2. The number of rotatable bonds is 0. The smallest absolute Gasteiger partial charge is 0.195 e. The summed E-state index contributed by atoms with van der Waals surface area (Å²) in [4.78, 5) is 24.5. The molecule has 0 N–H and O–H groups in total. The van der Waals surface area contributed by atoms with E-state index in [1.54, 1.807) is 24.3 Å². The Hall–Kier alpha value is -2.13. The average molecular weight is 258 g/mol. The molecule has 0 amide bonds. The zero-order valence-electron chi connectivity index (χ0n) is 9.07. The Kier molecular flexibility index (Phi) is 2.25. The molecule has 0 spiro atoms. The van der Waals surface area contributed by atoms with Gasteiger partial charge >= 0.3 is 0 Å². The van der Waals surface area contributed by atoms with Gasteiger partial charge in [0.25, 0.3) is 0 Å². The number of fused-ring (bicyclic) bond motifs is 2. The zero-order chi connectivity index (χ0) is 12.9. The molecule has 0 saturated heterocycles. The monoisotopic (exact) mass is 257 g/mol. The van der Waals surface area contributed by atoms with Crippen LogP contribution in [0.1, 0.15) is 31.8 Å². The van der Waals surface area contributed by atoms with Crippen LogP contribution in [0.3, 0.4) is 0 Å². The van der Waals surface area contributed by atoms with Crippen LogP contribution in [-0.4, -0.2) is 11.6 Å². The Labute approximate surface area is 108 Å². The maximum absolute atomic E-state index is 12.3. The molecule has 2 aromatic carbocycles. The SMILES string of the molecule is O=C1c2ccccc2C(=O)c2c(Cl)ccc([O-])c21. The summed E-state index contributed by atoms with van der Waals surface area (Å²) in [5, 5.41) is 11.9. The van der Waals surface area contributed by atoms with E-state index in [-0.39, 0.29) is 27.5 Å². The van der Waals surface area contributed by atoms with Crippen LogP contribution in [0, 0.1) is 0 Å². The number of carbonyl (C=O) groups is 2. The minimum absolute atomic E-state index is 0.0212. The molecule has 0 saturated carbocycles. The fraction of sp³-hybridized carbons (Fsp3) is 0. The zero-order valence-corrected chi connectivity index (χ0v) is 9.82. The summed E-state index contributed by atoms with van der Waals surface area (Å²) in [5.41, 5.74) is 0.455. The molecule has 0 atom stereocenters. The van der Waals surface area contributed by atoms with Crippen molar-refractivity contribution in [2.75, 3.05) is 0 Å². The summed E-state index contributed by atoms with van der Waals surface area (Å²) in [6.45, 7) is 0. The molecule has 0 aromatic heterocycles. The van der Waals surface area contributed by atoms with Crippen molar-refractivity contribution in [2.24, 2.45) is 0 Å². The predicted molar refractivity (Wildman–Crippen MR) is 64.2 cm³/mol. The highest BCUT2D eigenvalue weighted by atomic mass is 35.5. The first kappa shape index (κ1) is 11.0. The minimum Gasteiger partial charge on any atom is -0.872 e. The first-order valence-corrected chi connectivity index (χ1v) is 5.67. The lowest BCUT2D eigenvalue weighted by Gasteiger charge is -2.23. The van der Waals surface area contributed by atoms with E-state index in [1.165, 1.54) is 12.1 Å². The van der Waals surface area contributed by atoms with Gasteiger partial charge in [0, 0.05) is 16.7 Å². The van der Waals surface area contributed by atoms with Crippen LogP contribution in [0.4, 0.5) is 0 Å². The lowest BCUT2D eigenvalue weighted by molar-refractivity contribution is -0.268. The molecule has 1 aliphatic carbocycles. The quantitative estimate of drug-likeness (QED) is 0.620. The number of ketones is 2. The summed E-state index contributed by atoms with van der Waals surface area (Å²) < 4.78 is 0. The molecule has 3 rings (SSSR count). The molecule has 0 unspecified atom stereocenters. The Morgan fingerprint density at radius 1 is 0.833 bits per heavy atom. The van der Waals surface area contributed by atoms with Crippen LogP contribution in [0.25, 0.3) is 0 Å². The molecule has 0 aliphatic heterocycles. The van der Waals surface area contributed by atoms with Crippen LogP contribution < -0.4 is 5.11 Å². The number of hydrogen-bond acceptors (Lipinski definition) is 3. The highest BCUT2D eigenvalue weighted by Gasteiger charge is 2.31. The topological polar surface area (TPSA) is 57.2 Å². The molecule has 0 fully saturated rings. The van der Waals surface area contributed by atoms with E-state index in [2.05, 4.69) is 0 Å². The van der Waals surface area contributed by atoms with Gasteiger partial charge < -0.3 is 5.11 Å². The first-order valence-electron chi connectivity index (χ1n) is 5.29. The van der Waals surface area contributed by atoms with Gasteiger partial charge in [-0.15, -0.1) is 0 Å². The molecule has 2 aromatic rings. The maximum atomic E-state index is 12.3. The molecule has 18 heavy (non-hydrogen) atoms. The van der Waals surface area contributed by atoms with Crippen molar-refractivity contribution in [3.8, 4) is 5.75 Å². The maximum Gasteiger partial charge on any atom is 0.195 e. The van der Waals surface area contributed by atoms with E-state index >= 15 is 0 Å².